The molecule has 2 unspecified atom stereocenters. The Hall–Kier alpha value is -2.17. The molecule has 0 amide bonds. The summed E-state index contributed by atoms with van der Waals surface area (Å²) >= 11 is 0. The van der Waals surface area contributed by atoms with E-state index in [9.17, 15) is 28.3 Å². The van der Waals surface area contributed by atoms with Gasteiger partial charge in [0, 0.05) is 11.3 Å². The topological polar surface area (TPSA) is 307 Å². The van der Waals surface area contributed by atoms with Gasteiger partial charge in [-0.05, 0) is 5.53 Å². The van der Waals surface area contributed by atoms with Crippen LogP contribution in [0.25, 0.3) is 21.6 Å². The van der Waals surface area contributed by atoms with E-state index >= 15 is 0 Å². The van der Waals surface area contributed by atoms with Crippen LogP contribution in [0.3, 0.4) is 0 Å². The molecule has 33 heavy (non-hydrogen) atoms. The van der Waals surface area contributed by atoms with E-state index in [4.69, 9.17) is 25.8 Å². The number of azide groups is 1. The van der Waals surface area contributed by atoms with Gasteiger partial charge in [0.1, 0.15) is 6.23 Å². The number of aromatic nitrogens is 4. The molecule has 0 bridgehead atoms. The fourth-order valence-electron chi connectivity index (χ4n) is 2.85. The Labute approximate surface area is 181 Å². The first-order chi connectivity index (χ1) is 15.2. The number of anilines is 1. The van der Waals surface area contributed by atoms with Crippen LogP contribution in [-0.2, 0) is 31.6 Å². The number of nitrogen functional groups attached to an aromatic ring is 1. The van der Waals surface area contributed by atoms with Crippen LogP contribution in [0.15, 0.2) is 16.2 Å². The van der Waals surface area contributed by atoms with Gasteiger partial charge in [-0.15, -0.1) is 0 Å². The van der Waals surface area contributed by atoms with Gasteiger partial charge >= 0.3 is 23.5 Å². The molecule has 3 heterocycles. The summed E-state index contributed by atoms with van der Waals surface area (Å²) in [5, 5.41) is 3.49. The highest BCUT2D eigenvalue weighted by atomic mass is 31.3. The predicted octanol–water partition coefficient (Wildman–Crippen LogP) is 0.0115. The average Bonchev–Trinajstić information content (AvgIpc) is 3.21. The van der Waals surface area contributed by atoms with E-state index in [1.807, 2.05) is 0 Å². The Balaban J connectivity index is 1.75. The first-order valence-electron chi connectivity index (χ1n) is 8.40. The van der Waals surface area contributed by atoms with Crippen LogP contribution >= 0.6 is 23.5 Å². The van der Waals surface area contributed by atoms with Gasteiger partial charge < -0.3 is 30.0 Å². The molecule has 1 saturated heterocycles. The molecule has 0 aliphatic carbocycles. The van der Waals surface area contributed by atoms with Crippen molar-refractivity contribution in [2.45, 2.75) is 24.8 Å². The minimum absolute atomic E-state index is 0.0334. The lowest BCUT2D eigenvalue weighted by molar-refractivity contribution is -0.0230. The standard InChI is InChI=1S/C10H15N8O12P3/c11-10-14-8-7(9(19)15-10)13-3-18(8)6-1-4(16-17-12)5(28-6)2-27-32(23,24)30-33(25,26)29-31(20,21)22/h3-6H,1-2H2,(H,23,24)(H,25,26)(H2,20,21,22)(H3,11,14,15,19)/t4-,5+,6+/m1/s1. The molecule has 20 nitrogen and oxygen atoms in total. The number of phosphoric ester groups is 1. The molecule has 0 spiro atoms. The Kier molecular flexibility index (Phi) is 7.12. The fourth-order valence-corrected chi connectivity index (χ4v) is 5.88. The number of hydrogen-bond donors (Lipinski definition) is 6. The van der Waals surface area contributed by atoms with Gasteiger partial charge in [0.2, 0.25) is 5.95 Å². The number of fused-ring (bicyclic) bond motifs is 1. The van der Waals surface area contributed by atoms with Crippen molar-refractivity contribution in [1.29, 1.82) is 0 Å². The van der Waals surface area contributed by atoms with Gasteiger partial charge in [-0.3, -0.25) is 18.9 Å². The summed E-state index contributed by atoms with van der Waals surface area (Å²) < 4.78 is 52.6. The van der Waals surface area contributed by atoms with E-state index < -0.39 is 54.0 Å². The Bertz CT molecular complexity index is 1300. The number of aromatic amines is 1. The molecule has 2 aromatic rings. The number of nitrogens with zero attached hydrogens (tertiary/aromatic N) is 6. The normalized spacial score (nSPS) is 24.8. The number of imidazole rings is 1. The molecule has 5 atom stereocenters. The van der Waals surface area contributed by atoms with Gasteiger partial charge in [0.25, 0.3) is 5.56 Å². The SMILES string of the molecule is [N-]=[N+]=N[C@@H]1C[C@@H](n2cnc3c(=O)[nH]c(N)nc32)O[C@H]1COP(=O)(O)OP(=O)(O)OP(=O)(O)O. The number of rotatable bonds is 9. The van der Waals surface area contributed by atoms with Crippen LogP contribution in [0.4, 0.5) is 5.95 Å². The molecular weight excluding hydrogens is 517 g/mol. The summed E-state index contributed by atoms with van der Waals surface area (Å²) in [7, 11) is -16.7. The Morgan fingerprint density at radius 1 is 1.30 bits per heavy atom. The number of ether oxygens (including phenoxy) is 1. The highest BCUT2D eigenvalue weighted by Crippen LogP contribution is 2.66. The third-order valence-corrected chi connectivity index (χ3v) is 7.79. The number of hydrogen-bond acceptors (Lipinski definition) is 12. The maximum absolute atomic E-state index is 11.9. The summed E-state index contributed by atoms with van der Waals surface area (Å²) in [5.41, 5.74) is 13.7. The Morgan fingerprint density at radius 3 is 2.64 bits per heavy atom. The average molecular weight is 532 g/mol. The zero-order valence-electron chi connectivity index (χ0n) is 15.9. The van der Waals surface area contributed by atoms with Crippen LogP contribution in [0.1, 0.15) is 12.6 Å². The molecule has 1 aliphatic rings. The van der Waals surface area contributed by atoms with Gasteiger partial charge in [-0.1, -0.05) is 5.11 Å². The van der Waals surface area contributed by atoms with Crippen LogP contribution in [0.2, 0.25) is 0 Å². The second kappa shape index (κ2) is 9.23. The van der Waals surface area contributed by atoms with Crippen molar-refractivity contribution >= 4 is 40.6 Å². The van der Waals surface area contributed by atoms with Crippen molar-refractivity contribution in [3.05, 3.63) is 27.1 Å². The zero-order chi connectivity index (χ0) is 24.6. The van der Waals surface area contributed by atoms with Gasteiger partial charge in [-0.25, -0.2) is 18.7 Å². The maximum Gasteiger partial charge on any atom is 0.490 e. The second-order valence-corrected chi connectivity index (χ2v) is 10.7. The molecule has 0 saturated carbocycles. The third kappa shape index (κ3) is 6.45. The molecular formula is C10H15N8O12P3. The highest BCUT2D eigenvalue weighted by molar-refractivity contribution is 7.66. The number of nitrogens with two attached hydrogens (primary N) is 1. The van der Waals surface area contributed by atoms with E-state index in [0.29, 0.717) is 0 Å². The molecule has 1 fully saturated rings. The summed E-state index contributed by atoms with van der Waals surface area (Å²) in [6, 6.07) is -0.996. The van der Waals surface area contributed by atoms with Crippen LogP contribution in [0.5, 0.6) is 0 Å². The number of nitrogens with one attached hydrogen (secondary N) is 1. The predicted molar refractivity (Wildman–Crippen MR) is 104 cm³/mol. The maximum atomic E-state index is 11.9. The molecule has 3 rings (SSSR count). The summed E-state index contributed by atoms with van der Waals surface area (Å²) in [5.74, 6) is -0.206. The molecule has 0 radical (unpaired) electrons. The van der Waals surface area contributed by atoms with Crippen LogP contribution in [0, 0.1) is 0 Å². The lowest BCUT2D eigenvalue weighted by Gasteiger charge is -2.19. The van der Waals surface area contributed by atoms with E-state index in [-0.39, 0.29) is 23.5 Å². The van der Waals surface area contributed by atoms with Gasteiger partial charge in [0.05, 0.1) is 25.1 Å². The first kappa shape index (κ1) is 25.5. The minimum atomic E-state index is -5.70. The quantitative estimate of drug-likeness (QED) is 0.107. The second-order valence-electron chi connectivity index (χ2n) is 6.30. The summed E-state index contributed by atoms with van der Waals surface area (Å²) in [4.78, 5) is 60.5. The smallest absolute Gasteiger partial charge is 0.369 e. The zero-order valence-corrected chi connectivity index (χ0v) is 18.6. The van der Waals surface area contributed by atoms with Crippen molar-refractivity contribution < 1.29 is 51.2 Å². The Morgan fingerprint density at radius 2 is 2.00 bits per heavy atom. The van der Waals surface area contributed by atoms with E-state index in [2.05, 4.69) is 38.1 Å². The summed E-state index contributed by atoms with van der Waals surface area (Å²) in [6.45, 7) is -0.841. The molecule has 182 valence electrons. The largest absolute Gasteiger partial charge is 0.490 e. The van der Waals surface area contributed by atoms with E-state index in [1.165, 1.54) is 10.9 Å². The van der Waals surface area contributed by atoms with Crippen molar-refractivity contribution in [1.82, 2.24) is 19.5 Å². The van der Waals surface area contributed by atoms with Crippen molar-refractivity contribution in [2.24, 2.45) is 5.11 Å². The molecule has 1 aliphatic heterocycles. The van der Waals surface area contributed by atoms with Crippen molar-refractivity contribution in [2.75, 3.05) is 12.3 Å². The molecule has 23 heteroatoms. The number of phosphoric acid groups is 3. The lowest BCUT2D eigenvalue weighted by atomic mass is 10.1. The first-order valence-corrected chi connectivity index (χ1v) is 12.9. The molecule has 0 aromatic carbocycles. The van der Waals surface area contributed by atoms with Crippen molar-refractivity contribution in [3.8, 4) is 0 Å². The van der Waals surface area contributed by atoms with Crippen molar-refractivity contribution in [3.63, 3.8) is 0 Å². The monoisotopic (exact) mass is 532 g/mol. The third-order valence-electron chi connectivity index (χ3n) is 3.98. The summed E-state index contributed by atoms with van der Waals surface area (Å²) in [6.07, 6.45) is -0.996. The van der Waals surface area contributed by atoms with E-state index in [1.54, 1.807) is 0 Å². The molecule has 2 aromatic heterocycles. The highest BCUT2D eigenvalue weighted by Gasteiger charge is 2.43. The van der Waals surface area contributed by atoms with Gasteiger partial charge in [-0.2, -0.15) is 13.6 Å². The fraction of sp³-hybridized carbons (Fsp3) is 0.500. The van der Waals surface area contributed by atoms with E-state index in [0.717, 1.165) is 0 Å². The van der Waals surface area contributed by atoms with Crippen LogP contribution in [-0.4, -0.2) is 57.8 Å². The lowest BCUT2D eigenvalue weighted by Crippen LogP contribution is -2.24. The number of H-pyrrole nitrogens is 1. The van der Waals surface area contributed by atoms with Crippen LogP contribution < -0.4 is 11.3 Å². The van der Waals surface area contributed by atoms with Gasteiger partial charge in [0.15, 0.2) is 11.2 Å². The molecule has 7 N–H and O–H groups in total. The minimum Gasteiger partial charge on any atom is -0.369 e.